The zero-order valence-corrected chi connectivity index (χ0v) is 22.6. The van der Waals surface area contributed by atoms with E-state index in [9.17, 15) is 0 Å². The van der Waals surface area contributed by atoms with Crippen LogP contribution in [0.4, 0.5) is 17.3 Å². The third-order valence-electron chi connectivity index (χ3n) is 6.57. The normalized spacial score (nSPS) is 10.9. The van der Waals surface area contributed by atoms with Crippen molar-refractivity contribution < 1.29 is 14.2 Å². The van der Waals surface area contributed by atoms with Crippen LogP contribution < -0.4 is 25.3 Å². The summed E-state index contributed by atoms with van der Waals surface area (Å²) in [6.07, 6.45) is 3.68. The minimum atomic E-state index is 0.407. The maximum Gasteiger partial charge on any atom is 0.227 e. The number of imidazole rings is 1. The average molecular weight is 545 g/mol. The van der Waals surface area contributed by atoms with Gasteiger partial charge in [-0.1, -0.05) is 36.4 Å². The molecule has 3 aromatic heterocycles. The fourth-order valence-electron chi connectivity index (χ4n) is 4.59. The molecule has 0 aliphatic heterocycles. The molecule has 0 bridgehead atoms. The van der Waals surface area contributed by atoms with Crippen molar-refractivity contribution in [2.75, 3.05) is 25.3 Å². The molecule has 0 aliphatic rings. The Morgan fingerprint density at radius 2 is 1.63 bits per heavy atom. The number of nitrogens with two attached hydrogens (primary N) is 1. The SMILES string of the molecule is COc1cc(N)ccc1Nc1nccc(-c2c(-c3ccc(OCc4ccccc4)c(OC)c3)nc3ccccn23)n1. The smallest absolute Gasteiger partial charge is 0.227 e. The monoisotopic (exact) mass is 544 g/mol. The van der Waals surface area contributed by atoms with E-state index in [2.05, 4.69) is 10.3 Å². The van der Waals surface area contributed by atoms with Crippen LogP contribution in [0, 0.1) is 0 Å². The second-order valence-corrected chi connectivity index (χ2v) is 9.23. The number of anilines is 3. The van der Waals surface area contributed by atoms with E-state index in [1.165, 1.54) is 0 Å². The number of benzene rings is 3. The molecule has 0 fully saturated rings. The van der Waals surface area contributed by atoms with Crippen LogP contribution in [-0.4, -0.2) is 33.6 Å². The Morgan fingerprint density at radius 3 is 2.46 bits per heavy atom. The molecule has 6 aromatic rings. The predicted molar refractivity (Wildman–Crippen MR) is 160 cm³/mol. The lowest BCUT2D eigenvalue weighted by atomic mass is 10.1. The molecule has 41 heavy (non-hydrogen) atoms. The maximum atomic E-state index is 6.08. The van der Waals surface area contributed by atoms with E-state index in [0.717, 1.165) is 28.2 Å². The van der Waals surface area contributed by atoms with E-state index in [0.29, 0.717) is 46.9 Å². The molecule has 9 nitrogen and oxygen atoms in total. The summed E-state index contributed by atoms with van der Waals surface area (Å²) in [5.74, 6) is 2.26. The van der Waals surface area contributed by atoms with Gasteiger partial charge in [0.05, 0.1) is 37.0 Å². The van der Waals surface area contributed by atoms with E-state index >= 15 is 0 Å². The van der Waals surface area contributed by atoms with E-state index in [4.69, 9.17) is 29.9 Å². The van der Waals surface area contributed by atoms with Gasteiger partial charge in [0.1, 0.15) is 18.0 Å². The van der Waals surface area contributed by atoms with Crippen molar-refractivity contribution in [1.82, 2.24) is 19.4 Å². The van der Waals surface area contributed by atoms with Crippen molar-refractivity contribution in [3.63, 3.8) is 0 Å². The molecular formula is C32H28N6O3. The molecule has 0 radical (unpaired) electrons. The third-order valence-corrected chi connectivity index (χ3v) is 6.57. The highest BCUT2D eigenvalue weighted by Gasteiger charge is 2.19. The number of hydrogen-bond acceptors (Lipinski definition) is 8. The number of pyridine rings is 1. The van der Waals surface area contributed by atoms with Gasteiger partial charge in [0.2, 0.25) is 5.95 Å². The van der Waals surface area contributed by atoms with Crippen LogP contribution >= 0.6 is 0 Å². The van der Waals surface area contributed by atoms with Crippen molar-refractivity contribution >= 4 is 23.0 Å². The van der Waals surface area contributed by atoms with Gasteiger partial charge in [0.15, 0.2) is 11.5 Å². The first-order valence-electron chi connectivity index (χ1n) is 13.0. The number of nitrogens with zero attached hydrogens (tertiary/aromatic N) is 4. The van der Waals surface area contributed by atoms with E-state index in [-0.39, 0.29) is 0 Å². The largest absolute Gasteiger partial charge is 0.494 e. The summed E-state index contributed by atoms with van der Waals surface area (Å²) in [6, 6.07) is 28.9. The fourth-order valence-corrected chi connectivity index (χ4v) is 4.59. The minimum absolute atomic E-state index is 0.407. The second kappa shape index (κ2) is 11.3. The molecule has 6 rings (SSSR count). The third kappa shape index (κ3) is 5.33. The van der Waals surface area contributed by atoms with Gasteiger partial charge in [-0.3, -0.25) is 4.40 Å². The highest BCUT2D eigenvalue weighted by molar-refractivity contribution is 5.82. The first-order valence-corrected chi connectivity index (χ1v) is 13.0. The van der Waals surface area contributed by atoms with Crippen molar-refractivity contribution in [2.45, 2.75) is 6.61 Å². The topological polar surface area (TPSA) is 109 Å². The van der Waals surface area contributed by atoms with Crippen LogP contribution in [0.2, 0.25) is 0 Å². The average Bonchev–Trinajstić information content (AvgIpc) is 3.41. The molecule has 0 saturated heterocycles. The number of hydrogen-bond donors (Lipinski definition) is 2. The van der Waals surface area contributed by atoms with Gasteiger partial charge >= 0.3 is 0 Å². The zero-order chi connectivity index (χ0) is 28.2. The fraction of sp³-hybridized carbons (Fsp3) is 0.0938. The van der Waals surface area contributed by atoms with Gasteiger partial charge in [-0.15, -0.1) is 0 Å². The number of ether oxygens (including phenoxy) is 3. The molecule has 0 amide bonds. The summed E-state index contributed by atoms with van der Waals surface area (Å²) < 4.78 is 19.3. The van der Waals surface area contributed by atoms with Crippen LogP contribution in [0.25, 0.3) is 28.3 Å². The molecule has 204 valence electrons. The number of rotatable bonds is 9. The summed E-state index contributed by atoms with van der Waals surface area (Å²) in [5, 5.41) is 3.24. The standard InChI is InChI=1S/C32H28N6O3/c1-39-27-19-23(33)12-13-24(27)35-32-34-16-15-25(36-32)31-30(37-29-10-6-7-17-38(29)31)22-11-14-26(28(18-22)40-2)41-20-21-8-4-3-5-9-21/h3-19H,20,33H2,1-2H3,(H,34,35,36). The van der Waals surface area contributed by atoms with E-state index in [1.807, 2.05) is 89.5 Å². The molecular weight excluding hydrogens is 516 g/mol. The number of fused-ring (bicyclic) bond motifs is 1. The Bertz CT molecular complexity index is 1820. The molecule has 3 aromatic carbocycles. The van der Waals surface area contributed by atoms with E-state index in [1.54, 1.807) is 32.5 Å². The van der Waals surface area contributed by atoms with Gasteiger partial charge in [0, 0.05) is 29.7 Å². The molecule has 3 N–H and O–H groups in total. The van der Waals surface area contributed by atoms with Gasteiger partial charge in [-0.2, -0.15) is 0 Å². The lowest BCUT2D eigenvalue weighted by molar-refractivity contribution is 0.284. The first-order chi connectivity index (χ1) is 20.1. The lowest BCUT2D eigenvalue weighted by Gasteiger charge is -2.13. The van der Waals surface area contributed by atoms with Crippen LogP contribution in [0.3, 0.4) is 0 Å². The highest BCUT2D eigenvalue weighted by atomic mass is 16.5. The summed E-state index contributed by atoms with van der Waals surface area (Å²) in [5.41, 5.74) is 12.2. The van der Waals surface area contributed by atoms with E-state index < -0.39 is 0 Å². The lowest BCUT2D eigenvalue weighted by Crippen LogP contribution is -2.02. The number of nitrogen functional groups attached to an aromatic ring is 1. The summed E-state index contributed by atoms with van der Waals surface area (Å²) in [6.45, 7) is 0.436. The van der Waals surface area contributed by atoms with Gasteiger partial charge < -0.3 is 25.3 Å². The summed E-state index contributed by atoms with van der Waals surface area (Å²) in [7, 11) is 3.22. The Kier molecular flexibility index (Phi) is 7.06. The number of nitrogens with one attached hydrogen (secondary N) is 1. The Morgan fingerprint density at radius 1 is 0.805 bits per heavy atom. The number of aromatic nitrogens is 4. The Balaban J connectivity index is 1.38. The minimum Gasteiger partial charge on any atom is -0.494 e. The first kappa shape index (κ1) is 25.7. The predicted octanol–water partition coefficient (Wildman–Crippen LogP) is 6.38. The van der Waals surface area contributed by atoms with Gasteiger partial charge in [-0.05, 0) is 54.1 Å². The zero-order valence-electron chi connectivity index (χ0n) is 22.6. The molecule has 0 spiro atoms. The summed E-state index contributed by atoms with van der Waals surface area (Å²) in [4.78, 5) is 14.2. The van der Waals surface area contributed by atoms with Gasteiger partial charge in [-0.25, -0.2) is 15.0 Å². The Hall–Kier alpha value is -5.57. The molecule has 0 unspecified atom stereocenters. The molecule has 0 saturated carbocycles. The van der Waals surface area contributed by atoms with Crippen molar-refractivity contribution in [1.29, 1.82) is 0 Å². The maximum absolute atomic E-state index is 6.08. The summed E-state index contributed by atoms with van der Waals surface area (Å²) >= 11 is 0. The highest BCUT2D eigenvalue weighted by Crippen LogP contribution is 2.38. The molecule has 0 atom stereocenters. The van der Waals surface area contributed by atoms with Gasteiger partial charge in [0.25, 0.3) is 0 Å². The molecule has 3 heterocycles. The molecule has 9 heteroatoms. The Labute approximate surface area is 237 Å². The van der Waals surface area contributed by atoms with Crippen molar-refractivity contribution in [3.8, 4) is 39.9 Å². The van der Waals surface area contributed by atoms with Crippen LogP contribution in [0.1, 0.15) is 5.56 Å². The van der Waals surface area contributed by atoms with Crippen LogP contribution in [-0.2, 0) is 6.61 Å². The van der Waals surface area contributed by atoms with Crippen LogP contribution in [0.15, 0.2) is 103 Å². The van der Waals surface area contributed by atoms with Crippen molar-refractivity contribution in [2.24, 2.45) is 0 Å². The van der Waals surface area contributed by atoms with Crippen molar-refractivity contribution in [3.05, 3.63) is 109 Å². The molecule has 0 aliphatic carbocycles. The van der Waals surface area contributed by atoms with Crippen LogP contribution in [0.5, 0.6) is 17.2 Å². The quantitative estimate of drug-likeness (QED) is 0.202. The second-order valence-electron chi connectivity index (χ2n) is 9.23. The number of methoxy groups -OCH3 is 2.